The van der Waals surface area contributed by atoms with E-state index in [1.807, 2.05) is 0 Å². The fourth-order valence-corrected chi connectivity index (χ4v) is 4.60. The van der Waals surface area contributed by atoms with Crippen molar-refractivity contribution in [3.8, 4) is 0 Å². The first-order chi connectivity index (χ1) is 9.81. The van der Waals surface area contributed by atoms with E-state index in [1.54, 1.807) is 0 Å². The first-order valence-electron chi connectivity index (χ1n) is 8.48. The molecule has 1 heterocycles. The van der Waals surface area contributed by atoms with Gasteiger partial charge in [-0.2, -0.15) is 0 Å². The normalized spacial score (nSPS) is 34.9. The van der Waals surface area contributed by atoms with Crippen LogP contribution in [0.25, 0.3) is 0 Å². The number of nitrogens with zero attached hydrogens (tertiary/aromatic N) is 1. The highest BCUT2D eigenvalue weighted by molar-refractivity contribution is 5.80. The summed E-state index contributed by atoms with van der Waals surface area (Å²) in [6, 6.07) is 0.576. The molecule has 4 nitrogen and oxygen atoms in total. The predicted octanol–water partition coefficient (Wildman–Crippen LogP) is 2.30. The quantitative estimate of drug-likeness (QED) is 0.613. The Balaban J connectivity index is 1.71. The topological polar surface area (TPSA) is 45.7 Å². The van der Waals surface area contributed by atoms with Gasteiger partial charge in [0.05, 0.1) is 6.10 Å². The van der Waals surface area contributed by atoms with Crippen LogP contribution in [0.1, 0.15) is 52.4 Å². The highest BCUT2D eigenvalue weighted by Gasteiger charge is 2.65. The van der Waals surface area contributed by atoms with Gasteiger partial charge in [0.2, 0.25) is 0 Å². The van der Waals surface area contributed by atoms with Crippen LogP contribution in [0.2, 0.25) is 0 Å². The number of nitrogens with one attached hydrogen (secondary N) is 2. The molecular formula is C16H29N3O. The van der Waals surface area contributed by atoms with E-state index in [2.05, 4.69) is 29.5 Å². The summed E-state index contributed by atoms with van der Waals surface area (Å²) in [7, 11) is 0. The third-order valence-electron chi connectivity index (χ3n) is 5.42. The summed E-state index contributed by atoms with van der Waals surface area (Å²) in [6.45, 7) is 7.10. The van der Waals surface area contributed by atoms with Crippen LogP contribution in [0.3, 0.4) is 0 Å². The van der Waals surface area contributed by atoms with E-state index in [0.717, 1.165) is 32.1 Å². The highest BCUT2D eigenvalue weighted by atomic mass is 16.5. The third-order valence-corrected chi connectivity index (χ3v) is 5.42. The van der Waals surface area contributed by atoms with E-state index in [4.69, 9.17) is 4.74 Å². The summed E-state index contributed by atoms with van der Waals surface area (Å²) < 4.78 is 6.04. The van der Waals surface area contributed by atoms with Crippen LogP contribution in [0.15, 0.2) is 4.99 Å². The Morgan fingerprint density at radius 3 is 2.80 bits per heavy atom. The van der Waals surface area contributed by atoms with Crippen LogP contribution in [0.5, 0.6) is 0 Å². The van der Waals surface area contributed by atoms with Crippen molar-refractivity contribution < 1.29 is 4.74 Å². The molecule has 1 spiro atoms. The van der Waals surface area contributed by atoms with Gasteiger partial charge in [-0.3, -0.25) is 4.99 Å². The van der Waals surface area contributed by atoms with E-state index in [0.29, 0.717) is 23.5 Å². The maximum atomic E-state index is 6.04. The van der Waals surface area contributed by atoms with Crippen LogP contribution in [-0.2, 0) is 4.74 Å². The van der Waals surface area contributed by atoms with Crippen LogP contribution < -0.4 is 10.6 Å². The summed E-state index contributed by atoms with van der Waals surface area (Å²) in [4.78, 5) is 4.68. The molecule has 1 saturated heterocycles. The Morgan fingerprint density at radius 1 is 1.30 bits per heavy atom. The molecule has 3 unspecified atom stereocenters. The van der Waals surface area contributed by atoms with Crippen molar-refractivity contribution in [2.45, 2.75) is 64.5 Å². The first-order valence-corrected chi connectivity index (χ1v) is 8.48. The van der Waals surface area contributed by atoms with E-state index in [1.165, 1.54) is 32.1 Å². The third kappa shape index (κ3) is 2.22. The van der Waals surface area contributed by atoms with Gasteiger partial charge in [0.1, 0.15) is 0 Å². The fraction of sp³-hybridized carbons (Fsp3) is 0.938. The molecule has 2 N–H and O–H groups in total. The number of ether oxygens (including phenoxy) is 1. The zero-order chi connectivity index (χ0) is 14.0. The second-order valence-corrected chi connectivity index (χ2v) is 6.57. The van der Waals surface area contributed by atoms with Crippen molar-refractivity contribution in [2.24, 2.45) is 16.3 Å². The van der Waals surface area contributed by atoms with Crippen LogP contribution in [0, 0.1) is 11.3 Å². The predicted molar refractivity (Wildman–Crippen MR) is 81.9 cm³/mol. The molecule has 3 atom stereocenters. The first kappa shape index (κ1) is 14.2. The molecule has 1 aliphatic heterocycles. The average molecular weight is 279 g/mol. The van der Waals surface area contributed by atoms with Gasteiger partial charge in [0.25, 0.3) is 0 Å². The molecular weight excluding hydrogens is 250 g/mol. The lowest BCUT2D eigenvalue weighted by Gasteiger charge is -2.57. The van der Waals surface area contributed by atoms with E-state index >= 15 is 0 Å². The molecule has 2 saturated carbocycles. The second-order valence-electron chi connectivity index (χ2n) is 6.57. The van der Waals surface area contributed by atoms with E-state index in [-0.39, 0.29) is 0 Å². The lowest BCUT2D eigenvalue weighted by molar-refractivity contribution is -0.125. The average Bonchev–Trinajstić information content (AvgIpc) is 3.09. The van der Waals surface area contributed by atoms with Gasteiger partial charge < -0.3 is 15.4 Å². The number of rotatable bonds is 4. The van der Waals surface area contributed by atoms with Gasteiger partial charge in [-0.05, 0) is 32.6 Å². The number of aliphatic imine (C=N–C) groups is 1. The molecule has 20 heavy (non-hydrogen) atoms. The molecule has 2 aliphatic carbocycles. The number of hydrogen-bond acceptors (Lipinski definition) is 2. The number of fused-ring (bicyclic) bond motifs is 2. The van der Waals surface area contributed by atoms with Crippen LogP contribution >= 0.6 is 0 Å². The van der Waals surface area contributed by atoms with Gasteiger partial charge >= 0.3 is 0 Å². The van der Waals surface area contributed by atoms with Crippen molar-refractivity contribution in [3.05, 3.63) is 0 Å². The minimum absolute atomic E-state index is 0.406. The maximum absolute atomic E-state index is 6.04. The largest absolute Gasteiger partial charge is 0.377 e. The number of hydrogen-bond donors (Lipinski definition) is 2. The fourth-order valence-electron chi connectivity index (χ4n) is 4.60. The van der Waals surface area contributed by atoms with Crippen molar-refractivity contribution in [1.29, 1.82) is 0 Å². The minimum Gasteiger partial charge on any atom is -0.377 e. The Kier molecular flexibility index (Phi) is 4.20. The summed E-state index contributed by atoms with van der Waals surface area (Å²) in [5.74, 6) is 1.72. The molecule has 3 rings (SSSR count). The molecule has 3 fully saturated rings. The number of guanidine groups is 1. The van der Waals surface area contributed by atoms with Crippen molar-refractivity contribution in [1.82, 2.24) is 10.6 Å². The van der Waals surface area contributed by atoms with Gasteiger partial charge in [-0.25, -0.2) is 0 Å². The van der Waals surface area contributed by atoms with E-state index in [9.17, 15) is 0 Å². The van der Waals surface area contributed by atoms with Gasteiger partial charge in [-0.1, -0.05) is 19.8 Å². The molecule has 0 aromatic heterocycles. The lowest BCUT2D eigenvalue weighted by atomic mass is 9.54. The Morgan fingerprint density at radius 2 is 2.10 bits per heavy atom. The van der Waals surface area contributed by atoms with Gasteiger partial charge in [0, 0.05) is 37.1 Å². The van der Waals surface area contributed by atoms with Crippen LogP contribution in [-0.4, -0.2) is 37.8 Å². The molecule has 0 amide bonds. The van der Waals surface area contributed by atoms with Gasteiger partial charge in [-0.15, -0.1) is 0 Å². The summed E-state index contributed by atoms with van der Waals surface area (Å²) >= 11 is 0. The molecule has 3 aliphatic rings. The Labute approximate surface area is 122 Å². The molecule has 0 radical (unpaired) electrons. The molecule has 0 aromatic carbocycles. The summed E-state index contributed by atoms with van der Waals surface area (Å²) in [5, 5.41) is 7.15. The summed E-state index contributed by atoms with van der Waals surface area (Å²) in [6.07, 6.45) is 8.24. The monoisotopic (exact) mass is 279 g/mol. The van der Waals surface area contributed by atoms with Crippen molar-refractivity contribution in [2.75, 3.05) is 19.7 Å². The summed E-state index contributed by atoms with van der Waals surface area (Å²) in [5.41, 5.74) is 0.406. The second kappa shape index (κ2) is 5.92. The van der Waals surface area contributed by atoms with E-state index < -0.39 is 0 Å². The van der Waals surface area contributed by atoms with Crippen molar-refractivity contribution in [3.63, 3.8) is 0 Å². The standard InChI is InChI=1S/C16H29N3O/c1-3-10-18-15(17-4-2)19-13-12-7-11-20-14(12)16(13)8-5-6-9-16/h12-14H,3-11H2,1-2H3,(H2,17,18,19). The Hall–Kier alpha value is -0.770. The van der Waals surface area contributed by atoms with Crippen molar-refractivity contribution >= 4 is 5.96 Å². The molecule has 114 valence electrons. The minimum atomic E-state index is 0.406. The molecule has 0 bridgehead atoms. The Bertz CT molecular complexity index is 363. The maximum Gasteiger partial charge on any atom is 0.191 e. The van der Waals surface area contributed by atoms with Gasteiger partial charge in [0.15, 0.2) is 5.96 Å². The molecule has 0 aromatic rings. The highest BCUT2D eigenvalue weighted by Crippen LogP contribution is 2.60. The van der Waals surface area contributed by atoms with Crippen LogP contribution in [0.4, 0.5) is 0 Å². The molecule has 4 heteroatoms. The smallest absolute Gasteiger partial charge is 0.191 e. The zero-order valence-corrected chi connectivity index (χ0v) is 13.0. The lowest BCUT2D eigenvalue weighted by Crippen LogP contribution is -2.69. The zero-order valence-electron chi connectivity index (χ0n) is 13.0. The SMILES string of the molecule is CCCN=C(NCC)NC1C2CCOC2C12CCCC2.